The minimum atomic E-state index is -3.79. The van der Waals surface area contributed by atoms with Crippen LogP contribution in [0.1, 0.15) is 11.4 Å². The van der Waals surface area contributed by atoms with Gasteiger partial charge in [0.05, 0.1) is 22.2 Å². The lowest BCUT2D eigenvalue weighted by Crippen LogP contribution is -2.25. The first-order valence-corrected chi connectivity index (χ1v) is 13.8. The summed E-state index contributed by atoms with van der Waals surface area (Å²) in [5.41, 5.74) is 1.44. The number of sulfonamides is 1. The monoisotopic (exact) mass is 600 g/mol. The summed E-state index contributed by atoms with van der Waals surface area (Å²) in [4.78, 5) is 0.122. The second-order valence-corrected chi connectivity index (χ2v) is 11.5. The average Bonchev–Trinajstić information content (AvgIpc) is 3.20. The van der Waals surface area contributed by atoms with Gasteiger partial charge < -0.3 is 0 Å². The van der Waals surface area contributed by atoms with Crippen molar-refractivity contribution in [3.63, 3.8) is 0 Å². The summed E-state index contributed by atoms with van der Waals surface area (Å²) in [5, 5.41) is 9.75. The van der Waals surface area contributed by atoms with E-state index in [4.69, 9.17) is 23.2 Å². The highest BCUT2D eigenvalue weighted by Gasteiger charge is 2.20. The van der Waals surface area contributed by atoms with Gasteiger partial charge in [-0.15, -0.1) is 10.2 Å². The van der Waals surface area contributed by atoms with Gasteiger partial charge in [0.25, 0.3) is 0 Å². The minimum Gasteiger partial charge on any atom is -0.271 e. The van der Waals surface area contributed by atoms with E-state index in [1.807, 2.05) is 0 Å². The Balaban J connectivity index is 1.63. The number of benzene rings is 3. The first-order chi connectivity index (χ1) is 16.2. The molecule has 6 nitrogen and oxygen atoms in total. The van der Waals surface area contributed by atoms with Gasteiger partial charge in [-0.3, -0.25) is 4.57 Å². The van der Waals surface area contributed by atoms with E-state index in [0.717, 1.165) is 10.0 Å². The number of thioether (sulfide) groups is 1. The molecule has 0 saturated heterocycles. The van der Waals surface area contributed by atoms with E-state index in [1.165, 1.54) is 36.0 Å². The van der Waals surface area contributed by atoms with Crippen molar-refractivity contribution in [2.24, 2.45) is 0 Å². The lowest BCUT2D eigenvalue weighted by molar-refractivity contribution is 0.578. The molecule has 0 saturated carbocycles. The molecule has 1 aromatic heterocycles. The molecule has 0 aliphatic heterocycles. The van der Waals surface area contributed by atoms with Crippen LogP contribution in [0, 0.1) is 5.82 Å². The molecule has 4 aromatic rings. The van der Waals surface area contributed by atoms with Gasteiger partial charge in [0, 0.05) is 15.2 Å². The average molecular weight is 602 g/mol. The highest BCUT2D eigenvalue weighted by Crippen LogP contribution is 2.31. The van der Waals surface area contributed by atoms with Crippen molar-refractivity contribution in [2.45, 2.75) is 22.3 Å². The molecule has 0 bridgehead atoms. The number of hydrogen-bond acceptors (Lipinski definition) is 5. The highest BCUT2D eigenvalue weighted by atomic mass is 79.9. The van der Waals surface area contributed by atoms with Gasteiger partial charge >= 0.3 is 0 Å². The van der Waals surface area contributed by atoms with Gasteiger partial charge in [-0.25, -0.2) is 17.5 Å². The van der Waals surface area contributed by atoms with Crippen molar-refractivity contribution >= 4 is 60.9 Å². The van der Waals surface area contributed by atoms with Crippen LogP contribution in [0.15, 0.2) is 81.3 Å². The molecule has 0 fully saturated rings. The summed E-state index contributed by atoms with van der Waals surface area (Å²) in [6.45, 7) is -0.124. The zero-order valence-corrected chi connectivity index (χ0v) is 22.0. The first kappa shape index (κ1) is 25.2. The number of nitrogens with zero attached hydrogens (tertiary/aromatic N) is 3. The van der Waals surface area contributed by atoms with Gasteiger partial charge in [-0.1, -0.05) is 63.0 Å². The van der Waals surface area contributed by atoms with E-state index in [1.54, 1.807) is 47.0 Å². The molecule has 1 N–H and O–H groups in total. The summed E-state index contributed by atoms with van der Waals surface area (Å²) in [6, 6.07) is 17.4. The van der Waals surface area contributed by atoms with Crippen molar-refractivity contribution in [1.82, 2.24) is 19.5 Å². The largest absolute Gasteiger partial charge is 0.271 e. The fourth-order valence-electron chi connectivity index (χ4n) is 3.00. The van der Waals surface area contributed by atoms with E-state index < -0.39 is 10.0 Å². The van der Waals surface area contributed by atoms with Crippen molar-refractivity contribution in [2.75, 3.05) is 0 Å². The van der Waals surface area contributed by atoms with Crippen LogP contribution in [0.2, 0.25) is 10.0 Å². The number of aromatic nitrogens is 3. The molecular weight excluding hydrogens is 586 g/mol. The molecule has 3 aromatic carbocycles. The predicted molar refractivity (Wildman–Crippen MR) is 136 cm³/mol. The quantitative estimate of drug-likeness (QED) is 0.242. The Hall–Kier alpha value is -1.95. The van der Waals surface area contributed by atoms with Crippen molar-refractivity contribution in [3.05, 3.63) is 98.5 Å². The molecule has 0 aliphatic rings. The number of rotatable bonds is 8. The third kappa shape index (κ3) is 5.99. The fourth-order valence-corrected chi connectivity index (χ4v) is 5.66. The molecule has 0 spiro atoms. The highest BCUT2D eigenvalue weighted by molar-refractivity contribution is 9.10. The SMILES string of the molecule is O=S(=O)(NCc1nnc(SCc2ccc(F)cc2)n1-c1ccc(Cl)cc1Cl)c1ccc(Br)cc1. The minimum absolute atomic E-state index is 0.122. The molecule has 4 rings (SSSR count). The summed E-state index contributed by atoms with van der Waals surface area (Å²) >= 11 is 17.2. The maximum Gasteiger partial charge on any atom is 0.240 e. The molecule has 0 unspecified atom stereocenters. The van der Waals surface area contributed by atoms with Crippen LogP contribution >= 0.6 is 50.9 Å². The van der Waals surface area contributed by atoms with Crippen LogP contribution < -0.4 is 4.72 Å². The molecule has 176 valence electrons. The lowest BCUT2D eigenvalue weighted by Gasteiger charge is -2.13. The normalized spacial score (nSPS) is 11.6. The molecule has 1 heterocycles. The van der Waals surface area contributed by atoms with E-state index in [0.29, 0.717) is 32.5 Å². The lowest BCUT2D eigenvalue weighted by atomic mass is 10.2. The molecule has 34 heavy (non-hydrogen) atoms. The number of nitrogens with one attached hydrogen (secondary N) is 1. The molecule has 12 heteroatoms. The number of hydrogen-bond donors (Lipinski definition) is 1. The maximum absolute atomic E-state index is 13.2. The standard InChI is InChI=1S/C22H16BrCl2FN4O2S2/c23-15-3-8-18(9-4-15)34(31,32)27-12-21-28-29-22(33-13-14-1-6-17(26)7-2-14)30(21)20-10-5-16(24)11-19(20)25/h1-11,27H,12-13H2. The summed E-state index contributed by atoms with van der Waals surface area (Å²) in [7, 11) is -3.79. The van der Waals surface area contributed by atoms with Gasteiger partial charge in [-0.2, -0.15) is 0 Å². The third-order valence-corrected chi connectivity index (χ3v) is 8.16. The smallest absolute Gasteiger partial charge is 0.240 e. The first-order valence-electron chi connectivity index (χ1n) is 9.75. The summed E-state index contributed by atoms with van der Waals surface area (Å²) in [5.74, 6) is 0.519. The zero-order valence-electron chi connectivity index (χ0n) is 17.3. The van der Waals surface area contributed by atoms with Crippen molar-refractivity contribution < 1.29 is 12.8 Å². The topological polar surface area (TPSA) is 76.9 Å². The molecule has 0 amide bonds. The second-order valence-electron chi connectivity index (χ2n) is 7.02. The molecular formula is C22H16BrCl2FN4O2S2. The Bertz CT molecular complexity index is 1420. The van der Waals surface area contributed by atoms with E-state index >= 15 is 0 Å². The van der Waals surface area contributed by atoms with E-state index in [2.05, 4.69) is 30.8 Å². The van der Waals surface area contributed by atoms with Crippen LogP contribution in [0.3, 0.4) is 0 Å². The van der Waals surface area contributed by atoms with Gasteiger partial charge in [-0.05, 0) is 60.2 Å². The Kier molecular flexibility index (Phi) is 7.96. The fraction of sp³-hybridized carbons (Fsp3) is 0.0909. The Labute approximate surface area is 218 Å². The number of halogens is 4. The third-order valence-electron chi connectivity index (χ3n) is 4.68. The summed E-state index contributed by atoms with van der Waals surface area (Å²) < 4.78 is 43.7. The van der Waals surface area contributed by atoms with Crippen LogP contribution in [0.25, 0.3) is 5.69 Å². The summed E-state index contributed by atoms with van der Waals surface area (Å²) in [6.07, 6.45) is 0. The Morgan fingerprint density at radius 1 is 1.00 bits per heavy atom. The van der Waals surface area contributed by atoms with Crippen molar-refractivity contribution in [3.8, 4) is 5.69 Å². The molecule has 0 atom stereocenters. The van der Waals surface area contributed by atoms with Gasteiger partial charge in [0.2, 0.25) is 10.0 Å². The van der Waals surface area contributed by atoms with E-state index in [9.17, 15) is 12.8 Å². The predicted octanol–water partition coefficient (Wildman–Crippen LogP) is 6.25. The van der Waals surface area contributed by atoms with Crippen LogP contribution in [0.4, 0.5) is 4.39 Å². The van der Waals surface area contributed by atoms with Gasteiger partial charge in [0.1, 0.15) is 5.82 Å². The molecule has 0 radical (unpaired) electrons. The van der Waals surface area contributed by atoms with Crippen molar-refractivity contribution in [1.29, 1.82) is 0 Å². The second kappa shape index (κ2) is 10.8. The van der Waals surface area contributed by atoms with Crippen LogP contribution in [0.5, 0.6) is 0 Å². The molecule has 0 aliphatic carbocycles. The Morgan fingerprint density at radius 3 is 2.38 bits per heavy atom. The van der Waals surface area contributed by atoms with E-state index in [-0.39, 0.29) is 17.3 Å². The maximum atomic E-state index is 13.2. The zero-order chi connectivity index (χ0) is 24.3. The van der Waals surface area contributed by atoms with Crippen LogP contribution in [-0.2, 0) is 22.3 Å². The van der Waals surface area contributed by atoms with Crippen LogP contribution in [-0.4, -0.2) is 23.2 Å². The van der Waals surface area contributed by atoms with Gasteiger partial charge in [0.15, 0.2) is 11.0 Å². The Morgan fingerprint density at radius 2 is 1.71 bits per heavy atom.